The molecule has 20 heavy (non-hydrogen) atoms. The van der Waals surface area contributed by atoms with Gasteiger partial charge in [0.05, 0.1) is 6.20 Å². The Labute approximate surface area is 123 Å². The lowest BCUT2D eigenvalue weighted by Gasteiger charge is -2.24. The molecule has 0 aliphatic heterocycles. The summed E-state index contributed by atoms with van der Waals surface area (Å²) in [4.78, 5) is 4.46. The molecule has 1 aliphatic rings. The molecule has 1 aromatic heterocycles. The van der Waals surface area contributed by atoms with Crippen molar-refractivity contribution in [1.82, 2.24) is 10.3 Å². The van der Waals surface area contributed by atoms with Crippen LogP contribution in [0.15, 0.2) is 10.6 Å². The van der Waals surface area contributed by atoms with Gasteiger partial charge in [0.1, 0.15) is 5.76 Å². The minimum Gasteiger partial charge on any atom is -0.445 e. The van der Waals surface area contributed by atoms with E-state index in [1.807, 2.05) is 6.20 Å². The Bertz CT molecular complexity index is 409. The molecular weight excluding hydrogens is 248 g/mol. The van der Waals surface area contributed by atoms with Crippen LogP contribution in [0.25, 0.3) is 0 Å². The topological polar surface area (TPSA) is 38.1 Å². The molecule has 2 rings (SSSR count). The first-order chi connectivity index (χ1) is 9.49. The summed E-state index contributed by atoms with van der Waals surface area (Å²) in [5.41, 5.74) is 0.371. The standard InChI is InChI=1S/C17H30N2O/c1-13(2)11-18-10-6-8-16-19-12-15(20-16)14-7-5-9-17(14,3)4/h12-14,18H,5-11H2,1-4H3. The van der Waals surface area contributed by atoms with Crippen molar-refractivity contribution in [2.45, 2.75) is 65.7 Å². The van der Waals surface area contributed by atoms with E-state index in [-0.39, 0.29) is 0 Å². The fraction of sp³-hybridized carbons (Fsp3) is 0.824. The van der Waals surface area contributed by atoms with Crippen molar-refractivity contribution in [3.05, 3.63) is 17.8 Å². The monoisotopic (exact) mass is 278 g/mol. The quantitative estimate of drug-likeness (QED) is 0.762. The second kappa shape index (κ2) is 6.75. The SMILES string of the molecule is CC(C)CNCCCc1ncc(C2CCCC2(C)C)o1. The molecule has 3 nitrogen and oxygen atoms in total. The maximum atomic E-state index is 5.99. The van der Waals surface area contributed by atoms with Crippen LogP contribution in [0.4, 0.5) is 0 Å². The Morgan fingerprint density at radius 1 is 1.45 bits per heavy atom. The maximum Gasteiger partial charge on any atom is 0.194 e. The van der Waals surface area contributed by atoms with Crippen LogP contribution in [-0.4, -0.2) is 18.1 Å². The predicted molar refractivity (Wildman–Crippen MR) is 82.9 cm³/mol. The first kappa shape index (κ1) is 15.6. The highest BCUT2D eigenvalue weighted by Gasteiger charge is 2.37. The van der Waals surface area contributed by atoms with E-state index in [9.17, 15) is 0 Å². The van der Waals surface area contributed by atoms with Crippen molar-refractivity contribution in [2.75, 3.05) is 13.1 Å². The van der Waals surface area contributed by atoms with E-state index < -0.39 is 0 Å². The summed E-state index contributed by atoms with van der Waals surface area (Å²) in [6.07, 6.45) is 7.87. The van der Waals surface area contributed by atoms with Gasteiger partial charge in [-0.1, -0.05) is 34.1 Å². The zero-order valence-corrected chi connectivity index (χ0v) is 13.5. The van der Waals surface area contributed by atoms with E-state index >= 15 is 0 Å². The first-order valence-corrected chi connectivity index (χ1v) is 8.14. The minimum atomic E-state index is 0.371. The van der Waals surface area contributed by atoms with Crippen molar-refractivity contribution in [2.24, 2.45) is 11.3 Å². The van der Waals surface area contributed by atoms with Gasteiger partial charge in [-0.2, -0.15) is 0 Å². The highest BCUT2D eigenvalue weighted by Crippen LogP contribution is 2.48. The van der Waals surface area contributed by atoms with E-state index in [2.05, 4.69) is 38.0 Å². The lowest BCUT2D eigenvalue weighted by Crippen LogP contribution is -2.21. The molecule has 1 saturated carbocycles. The third-order valence-electron chi connectivity index (χ3n) is 4.47. The van der Waals surface area contributed by atoms with Gasteiger partial charge in [-0.05, 0) is 43.7 Å². The number of nitrogens with one attached hydrogen (secondary N) is 1. The van der Waals surface area contributed by atoms with E-state index in [0.717, 1.165) is 37.6 Å². The lowest BCUT2D eigenvalue weighted by molar-refractivity contribution is 0.287. The third-order valence-corrected chi connectivity index (χ3v) is 4.47. The molecule has 1 fully saturated rings. The van der Waals surface area contributed by atoms with E-state index in [4.69, 9.17) is 4.42 Å². The molecule has 1 heterocycles. The molecule has 3 heteroatoms. The van der Waals surface area contributed by atoms with Crippen LogP contribution in [0.2, 0.25) is 0 Å². The highest BCUT2D eigenvalue weighted by atomic mass is 16.4. The molecular formula is C17H30N2O. The van der Waals surface area contributed by atoms with Crippen LogP contribution in [0.1, 0.15) is 70.9 Å². The highest BCUT2D eigenvalue weighted by molar-refractivity contribution is 5.09. The molecule has 0 bridgehead atoms. The summed E-state index contributed by atoms with van der Waals surface area (Å²) < 4.78 is 5.99. The number of oxazole rings is 1. The van der Waals surface area contributed by atoms with Gasteiger partial charge in [-0.25, -0.2) is 4.98 Å². The fourth-order valence-electron chi connectivity index (χ4n) is 3.21. The average Bonchev–Trinajstić information content (AvgIpc) is 2.94. The number of hydrogen-bond acceptors (Lipinski definition) is 3. The first-order valence-electron chi connectivity index (χ1n) is 8.14. The molecule has 1 aromatic rings. The van der Waals surface area contributed by atoms with Crippen molar-refractivity contribution >= 4 is 0 Å². The summed E-state index contributed by atoms with van der Waals surface area (Å²) in [5.74, 6) is 3.29. The minimum absolute atomic E-state index is 0.371. The van der Waals surface area contributed by atoms with Gasteiger partial charge in [0.25, 0.3) is 0 Å². The number of nitrogens with zero attached hydrogens (tertiary/aromatic N) is 1. The lowest BCUT2D eigenvalue weighted by atomic mass is 9.81. The van der Waals surface area contributed by atoms with E-state index in [1.54, 1.807) is 0 Å². The Kier molecular flexibility index (Phi) is 5.25. The molecule has 0 aromatic carbocycles. The molecule has 0 radical (unpaired) electrons. The van der Waals surface area contributed by atoms with Crippen LogP contribution >= 0.6 is 0 Å². The zero-order valence-electron chi connectivity index (χ0n) is 13.5. The van der Waals surface area contributed by atoms with Gasteiger partial charge < -0.3 is 9.73 Å². The summed E-state index contributed by atoms with van der Waals surface area (Å²) in [5, 5.41) is 3.46. The fourth-order valence-corrected chi connectivity index (χ4v) is 3.21. The summed E-state index contributed by atoms with van der Waals surface area (Å²) in [6.45, 7) is 11.3. The Balaban J connectivity index is 1.78. The Morgan fingerprint density at radius 3 is 2.90 bits per heavy atom. The summed E-state index contributed by atoms with van der Waals surface area (Å²) in [7, 11) is 0. The van der Waals surface area contributed by atoms with Crippen molar-refractivity contribution in [3.63, 3.8) is 0 Å². The van der Waals surface area contributed by atoms with Crippen molar-refractivity contribution in [1.29, 1.82) is 0 Å². The number of aryl methyl sites for hydroxylation is 1. The molecule has 0 saturated heterocycles. The second-order valence-corrected chi connectivity index (χ2v) is 7.29. The number of rotatable bonds is 7. The predicted octanol–water partition coefficient (Wildman–Crippen LogP) is 4.15. The molecule has 1 unspecified atom stereocenters. The summed E-state index contributed by atoms with van der Waals surface area (Å²) >= 11 is 0. The summed E-state index contributed by atoms with van der Waals surface area (Å²) in [6, 6.07) is 0. The largest absolute Gasteiger partial charge is 0.445 e. The van der Waals surface area contributed by atoms with Crippen LogP contribution < -0.4 is 5.32 Å². The van der Waals surface area contributed by atoms with Crippen LogP contribution in [0.3, 0.4) is 0 Å². The van der Waals surface area contributed by atoms with Gasteiger partial charge >= 0.3 is 0 Å². The third kappa shape index (κ3) is 4.08. The van der Waals surface area contributed by atoms with Crippen molar-refractivity contribution < 1.29 is 4.42 Å². The van der Waals surface area contributed by atoms with Gasteiger partial charge in [0.2, 0.25) is 0 Å². The molecule has 1 atom stereocenters. The van der Waals surface area contributed by atoms with Gasteiger partial charge in [0, 0.05) is 12.3 Å². The zero-order chi connectivity index (χ0) is 14.6. The average molecular weight is 278 g/mol. The second-order valence-electron chi connectivity index (χ2n) is 7.29. The maximum absolute atomic E-state index is 5.99. The molecule has 1 aliphatic carbocycles. The van der Waals surface area contributed by atoms with Crippen LogP contribution in [-0.2, 0) is 6.42 Å². The van der Waals surface area contributed by atoms with Crippen LogP contribution in [0.5, 0.6) is 0 Å². The van der Waals surface area contributed by atoms with Gasteiger partial charge in [0.15, 0.2) is 5.89 Å². The van der Waals surface area contributed by atoms with E-state index in [1.165, 1.54) is 19.3 Å². The molecule has 1 N–H and O–H groups in total. The number of hydrogen-bond donors (Lipinski definition) is 1. The Hall–Kier alpha value is -0.830. The van der Waals surface area contributed by atoms with Gasteiger partial charge in [-0.15, -0.1) is 0 Å². The number of aromatic nitrogens is 1. The molecule has 0 spiro atoms. The molecule has 114 valence electrons. The van der Waals surface area contributed by atoms with Crippen molar-refractivity contribution in [3.8, 4) is 0 Å². The smallest absolute Gasteiger partial charge is 0.194 e. The van der Waals surface area contributed by atoms with E-state index in [0.29, 0.717) is 17.3 Å². The van der Waals surface area contributed by atoms with Gasteiger partial charge in [-0.3, -0.25) is 0 Å². The Morgan fingerprint density at radius 2 is 2.25 bits per heavy atom. The normalized spacial score (nSPS) is 21.8. The molecule has 0 amide bonds. The van der Waals surface area contributed by atoms with Crippen LogP contribution in [0, 0.1) is 11.3 Å².